The SMILES string of the molecule is CCCC.CCSC.COC(=O)CNC(=O)CN(CCNC(=O)CCCCc1ccc([N+](=O)[O-])cc1)Cc1cccc2ccccc12. The molecule has 0 saturated heterocycles. The van der Waals surface area contributed by atoms with Gasteiger partial charge in [-0.3, -0.25) is 29.4 Å². The number of rotatable bonds is 17. The lowest BCUT2D eigenvalue weighted by Crippen LogP contribution is -2.42. The summed E-state index contributed by atoms with van der Waals surface area (Å²) in [5, 5.41) is 18.4. The Morgan fingerprint density at radius 3 is 2.17 bits per heavy atom. The molecule has 10 nitrogen and oxygen atoms in total. The van der Waals surface area contributed by atoms with Crippen LogP contribution < -0.4 is 10.6 Å². The van der Waals surface area contributed by atoms with E-state index in [1.54, 1.807) is 12.1 Å². The van der Waals surface area contributed by atoms with E-state index in [0.29, 0.717) is 32.5 Å². The average Bonchev–Trinajstić information content (AvgIpc) is 3.09. The van der Waals surface area contributed by atoms with Crippen LogP contribution in [-0.2, 0) is 32.1 Å². The van der Waals surface area contributed by atoms with Gasteiger partial charge in [0.25, 0.3) is 5.69 Å². The Morgan fingerprint density at radius 1 is 0.894 bits per heavy atom. The Hall–Kier alpha value is -3.96. The summed E-state index contributed by atoms with van der Waals surface area (Å²) in [4.78, 5) is 48.5. The first-order valence-corrected chi connectivity index (χ1v) is 17.6. The molecule has 3 rings (SSSR count). The highest BCUT2D eigenvalue weighted by atomic mass is 32.2. The van der Waals surface area contributed by atoms with Gasteiger partial charge < -0.3 is 15.4 Å². The van der Waals surface area contributed by atoms with Crippen LogP contribution in [0.3, 0.4) is 0 Å². The number of hydrogen-bond acceptors (Lipinski definition) is 8. The monoisotopic (exact) mass is 668 g/mol. The van der Waals surface area contributed by atoms with Crippen LogP contribution in [0.1, 0.15) is 64.0 Å². The zero-order valence-electron chi connectivity index (χ0n) is 28.6. The van der Waals surface area contributed by atoms with Gasteiger partial charge in [0.2, 0.25) is 11.8 Å². The molecule has 3 aromatic rings. The highest BCUT2D eigenvalue weighted by Gasteiger charge is 2.14. The standard InChI is InChI=1S/C29H34N4O6.C4H10.C3H8S/c1-39-29(36)19-31-28(35)21-32(20-24-10-6-9-23-8-3-4-11-26(23)24)18-17-30-27(34)12-5-2-7-22-13-15-25(16-14-22)33(37)38;2*1-3-4-2/h3-4,6,8-11,13-16H,2,5,7,12,17-21H2,1H3,(H,30,34)(H,31,35);3-4H2,1-2H3;3H2,1-2H3. The van der Waals surface area contributed by atoms with Gasteiger partial charge in [0, 0.05) is 38.2 Å². The summed E-state index contributed by atoms with van der Waals surface area (Å²) in [7, 11) is 1.26. The molecule has 47 heavy (non-hydrogen) atoms. The second-order valence-electron chi connectivity index (χ2n) is 10.8. The van der Waals surface area contributed by atoms with Crippen molar-refractivity contribution in [1.82, 2.24) is 15.5 Å². The molecule has 0 saturated carbocycles. The number of benzene rings is 3. The van der Waals surface area contributed by atoms with E-state index in [-0.39, 0.29) is 30.6 Å². The minimum atomic E-state index is -0.523. The van der Waals surface area contributed by atoms with Gasteiger partial charge in [-0.2, -0.15) is 11.8 Å². The van der Waals surface area contributed by atoms with Crippen LogP contribution >= 0.6 is 11.8 Å². The third-order valence-corrected chi connectivity index (χ3v) is 7.68. The minimum absolute atomic E-state index is 0.0608. The molecule has 0 radical (unpaired) electrons. The maximum absolute atomic E-state index is 12.5. The topological polar surface area (TPSA) is 131 Å². The van der Waals surface area contributed by atoms with Crippen LogP contribution in [-0.4, -0.2) is 72.9 Å². The normalized spacial score (nSPS) is 10.3. The molecule has 0 spiro atoms. The number of carbonyl (C=O) groups is 3. The molecule has 11 heteroatoms. The number of methoxy groups -OCH3 is 1. The molecule has 0 bridgehead atoms. The molecule has 3 aromatic carbocycles. The molecule has 0 aliphatic rings. The quantitative estimate of drug-likeness (QED) is 0.0718. The van der Waals surface area contributed by atoms with Crippen molar-refractivity contribution in [1.29, 1.82) is 0 Å². The van der Waals surface area contributed by atoms with Gasteiger partial charge in [0.15, 0.2) is 0 Å². The second-order valence-corrected chi connectivity index (χ2v) is 11.9. The molecule has 258 valence electrons. The number of thioether (sulfide) groups is 1. The zero-order chi connectivity index (χ0) is 34.9. The summed E-state index contributed by atoms with van der Waals surface area (Å²) >= 11 is 1.86. The number of nitrogens with one attached hydrogen (secondary N) is 2. The highest BCUT2D eigenvalue weighted by Crippen LogP contribution is 2.20. The Bertz CT molecular complexity index is 1340. The number of esters is 1. The lowest BCUT2D eigenvalue weighted by molar-refractivity contribution is -0.384. The van der Waals surface area contributed by atoms with Crippen molar-refractivity contribution in [3.05, 3.63) is 88.0 Å². The van der Waals surface area contributed by atoms with Crippen molar-refractivity contribution in [3.8, 4) is 0 Å². The van der Waals surface area contributed by atoms with Gasteiger partial charge in [0.1, 0.15) is 6.54 Å². The number of nitro groups is 1. The summed E-state index contributed by atoms with van der Waals surface area (Å²) in [6.07, 6.45) is 7.33. The van der Waals surface area contributed by atoms with Gasteiger partial charge >= 0.3 is 5.97 Å². The molecule has 2 N–H and O–H groups in total. The molecule has 0 aliphatic heterocycles. The molecular weight excluding hydrogens is 616 g/mol. The number of hydrogen-bond donors (Lipinski definition) is 2. The molecule has 0 aliphatic carbocycles. The molecule has 0 fully saturated rings. The van der Waals surface area contributed by atoms with Crippen molar-refractivity contribution in [2.24, 2.45) is 0 Å². The summed E-state index contributed by atoms with van der Waals surface area (Å²) in [5.74, 6) is 0.335. The number of non-ortho nitro benzene ring substituents is 1. The third-order valence-electron chi connectivity index (χ3n) is 7.10. The zero-order valence-corrected chi connectivity index (χ0v) is 29.4. The number of nitrogens with zero attached hydrogens (tertiary/aromatic N) is 2. The Morgan fingerprint density at radius 2 is 1.55 bits per heavy atom. The predicted molar refractivity (Wildman–Crippen MR) is 193 cm³/mol. The van der Waals surface area contributed by atoms with Gasteiger partial charge in [-0.25, -0.2) is 0 Å². The first-order chi connectivity index (χ1) is 22.7. The maximum atomic E-state index is 12.5. The summed E-state index contributed by atoms with van der Waals surface area (Å²) in [5.41, 5.74) is 2.12. The molecule has 2 amide bonds. The molecule has 0 atom stereocenters. The number of fused-ring (bicyclic) bond motifs is 1. The van der Waals surface area contributed by atoms with E-state index in [9.17, 15) is 24.5 Å². The largest absolute Gasteiger partial charge is 0.468 e. The Labute approximate surface area is 284 Å². The number of amides is 2. The van der Waals surface area contributed by atoms with E-state index >= 15 is 0 Å². The van der Waals surface area contributed by atoms with Crippen LogP contribution in [0.4, 0.5) is 5.69 Å². The van der Waals surface area contributed by atoms with E-state index in [4.69, 9.17) is 0 Å². The maximum Gasteiger partial charge on any atom is 0.325 e. The van der Waals surface area contributed by atoms with Gasteiger partial charge in [-0.1, -0.05) is 88.2 Å². The first-order valence-electron chi connectivity index (χ1n) is 16.2. The van der Waals surface area contributed by atoms with Gasteiger partial charge in [0.05, 0.1) is 18.6 Å². The van der Waals surface area contributed by atoms with E-state index in [2.05, 4.69) is 42.4 Å². The van der Waals surface area contributed by atoms with Crippen molar-refractivity contribution in [2.45, 2.75) is 65.8 Å². The van der Waals surface area contributed by atoms with Crippen molar-refractivity contribution >= 4 is 46.0 Å². The fourth-order valence-electron chi connectivity index (χ4n) is 4.23. The van der Waals surface area contributed by atoms with Crippen molar-refractivity contribution in [3.63, 3.8) is 0 Å². The summed E-state index contributed by atoms with van der Waals surface area (Å²) < 4.78 is 4.58. The number of unbranched alkanes of at least 4 members (excludes halogenated alkanes) is 2. The van der Waals surface area contributed by atoms with Crippen molar-refractivity contribution in [2.75, 3.05) is 45.3 Å². The number of carbonyl (C=O) groups excluding carboxylic acids is 3. The van der Waals surface area contributed by atoms with Gasteiger partial charge in [-0.05, 0) is 53.2 Å². The summed E-state index contributed by atoms with van der Waals surface area (Å²) in [6.45, 7) is 7.68. The molecule has 0 heterocycles. The lowest BCUT2D eigenvalue weighted by atomic mass is 10.0. The smallest absolute Gasteiger partial charge is 0.325 e. The number of ether oxygens (including phenoxy) is 1. The Balaban J connectivity index is 0.00000124. The summed E-state index contributed by atoms with van der Waals surface area (Å²) in [6, 6.07) is 20.5. The minimum Gasteiger partial charge on any atom is -0.468 e. The van der Waals surface area contributed by atoms with Crippen LogP contribution in [0.15, 0.2) is 66.7 Å². The third kappa shape index (κ3) is 18.1. The van der Waals surface area contributed by atoms with E-state index in [0.717, 1.165) is 34.7 Å². The molecule has 0 unspecified atom stereocenters. The Kier molecular flexibility index (Phi) is 22.0. The second kappa shape index (κ2) is 25.2. The van der Waals surface area contributed by atoms with E-state index in [1.807, 2.05) is 59.1 Å². The van der Waals surface area contributed by atoms with Crippen LogP contribution in [0.5, 0.6) is 0 Å². The lowest BCUT2D eigenvalue weighted by Gasteiger charge is -2.23. The van der Waals surface area contributed by atoms with E-state index in [1.165, 1.54) is 37.8 Å². The predicted octanol–water partition coefficient (Wildman–Crippen LogP) is 6.54. The molecular formula is C36H52N4O6S. The first kappa shape index (κ1) is 41.1. The molecule has 0 aromatic heterocycles. The average molecular weight is 669 g/mol. The van der Waals surface area contributed by atoms with Crippen LogP contribution in [0.2, 0.25) is 0 Å². The van der Waals surface area contributed by atoms with Crippen LogP contribution in [0.25, 0.3) is 10.8 Å². The van der Waals surface area contributed by atoms with Crippen LogP contribution in [0, 0.1) is 10.1 Å². The van der Waals surface area contributed by atoms with E-state index < -0.39 is 10.9 Å². The number of aryl methyl sites for hydroxylation is 1. The van der Waals surface area contributed by atoms with Gasteiger partial charge in [-0.15, -0.1) is 0 Å². The number of nitro benzene ring substituents is 1. The fraction of sp³-hybridized carbons (Fsp3) is 0.472. The van der Waals surface area contributed by atoms with Crippen molar-refractivity contribution < 1.29 is 24.0 Å². The fourth-order valence-corrected chi connectivity index (χ4v) is 4.23. The highest BCUT2D eigenvalue weighted by molar-refractivity contribution is 7.98.